The van der Waals surface area contributed by atoms with Crippen LogP contribution in [0.4, 0.5) is 10.1 Å². The predicted molar refractivity (Wildman–Crippen MR) is 77.4 cm³/mol. The fourth-order valence-corrected chi connectivity index (χ4v) is 2.71. The van der Waals surface area contributed by atoms with E-state index < -0.39 is 0 Å². The van der Waals surface area contributed by atoms with Crippen molar-refractivity contribution >= 4 is 5.69 Å². The van der Waals surface area contributed by atoms with Crippen LogP contribution in [0.25, 0.3) is 0 Å². The molecule has 0 bridgehead atoms. The highest BCUT2D eigenvalue weighted by atomic mass is 19.1. The van der Waals surface area contributed by atoms with E-state index in [-0.39, 0.29) is 18.5 Å². The Morgan fingerprint density at radius 3 is 2.80 bits per heavy atom. The lowest BCUT2D eigenvalue weighted by molar-refractivity contribution is 0.0158. The van der Waals surface area contributed by atoms with E-state index in [4.69, 9.17) is 9.84 Å². The monoisotopic (exact) mass is 282 g/mol. The molecule has 0 atom stereocenters. The van der Waals surface area contributed by atoms with E-state index in [1.165, 1.54) is 6.07 Å². The molecule has 20 heavy (non-hydrogen) atoms. The average Bonchev–Trinajstić information content (AvgIpc) is 2.46. The van der Waals surface area contributed by atoms with Crippen LogP contribution in [0.5, 0.6) is 0 Å². The summed E-state index contributed by atoms with van der Waals surface area (Å²) in [7, 11) is 1.86. The standard InChI is InChI=1S/C15H23FN2O2/c1-17-11-12-3-2-4-14(16)15(12)18-7-5-13(6-8-18)20-10-9-19/h2-4,13,17,19H,5-11H2,1H3. The maximum atomic E-state index is 14.1. The molecule has 1 aromatic rings. The highest BCUT2D eigenvalue weighted by Gasteiger charge is 2.23. The second-order valence-corrected chi connectivity index (χ2v) is 5.06. The van der Waals surface area contributed by atoms with Crippen LogP contribution in [0.3, 0.4) is 0 Å². The van der Waals surface area contributed by atoms with Gasteiger partial charge in [0.15, 0.2) is 0 Å². The number of rotatable bonds is 6. The van der Waals surface area contributed by atoms with Gasteiger partial charge < -0.3 is 20.1 Å². The Morgan fingerprint density at radius 1 is 1.40 bits per heavy atom. The van der Waals surface area contributed by atoms with Crippen LogP contribution in [-0.2, 0) is 11.3 Å². The van der Waals surface area contributed by atoms with Crippen molar-refractivity contribution in [3.05, 3.63) is 29.6 Å². The van der Waals surface area contributed by atoms with E-state index in [1.54, 1.807) is 6.07 Å². The van der Waals surface area contributed by atoms with Gasteiger partial charge in [-0.25, -0.2) is 4.39 Å². The second kappa shape index (κ2) is 7.57. The molecule has 0 aliphatic carbocycles. The van der Waals surface area contributed by atoms with E-state index in [0.29, 0.717) is 18.8 Å². The van der Waals surface area contributed by atoms with Gasteiger partial charge in [0.25, 0.3) is 0 Å². The first kappa shape index (κ1) is 15.2. The molecular weight excluding hydrogens is 259 g/mol. The van der Waals surface area contributed by atoms with Gasteiger partial charge in [-0.3, -0.25) is 0 Å². The van der Waals surface area contributed by atoms with Crippen LogP contribution in [0.2, 0.25) is 0 Å². The SMILES string of the molecule is CNCc1cccc(F)c1N1CCC(OCCO)CC1. The first-order valence-electron chi connectivity index (χ1n) is 7.15. The van der Waals surface area contributed by atoms with Gasteiger partial charge >= 0.3 is 0 Å². The maximum Gasteiger partial charge on any atom is 0.146 e. The minimum atomic E-state index is -0.160. The van der Waals surface area contributed by atoms with Crippen molar-refractivity contribution in [1.82, 2.24) is 5.32 Å². The van der Waals surface area contributed by atoms with Crippen molar-refractivity contribution in [3.63, 3.8) is 0 Å². The molecule has 0 saturated carbocycles. The molecule has 2 rings (SSSR count). The molecule has 1 aromatic carbocycles. The van der Waals surface area contributed by atoms with Crippen molar-refractivity contribution in [2.75, 3.05) is 38.3 Å². The van der Waals surface area contributed by atoms with Crippen molar-refractivity contribution in [2.24, 2.45) is 0 Å². The van der Waals surface area contributed by atoms with Gasteiger partial charge in [0.1, 0.15) is 5.82 Å². The van der Waals surface area contributed by atoms with Crippen molar-refractivity contribution in [2.45, 2.75) is 25.5 Å². The third-order valence-electron chi connectivity index (χ3n) is 3.64. The normalized spacial score (nSPS) is 16.6. The smallest absolute Gasteiger partial charge is 0.146 e. The Morgan fingerprint density at radius 2 is 2.15 bits per heavy atom. The van der Waals surface area contributed by atoms with Crippen LogP contribution in [0, 0.1) is 5.82 Å². The second-order valence-electron chi connectivity index (χ2n) is 5.06. The summed E-state index contributed by atoms with van der Waals surface area (Å²) in [6, 6.07) is 5.23. The fraction of sp³-hybridized carbons (Fsp3) is 0.600. The van der Waals surface area contributed by atoms with Crippen molar-refractivity contribution in [3.8, 4) is 0 Å². The molecule has 5 heteroatoms. The van der Waals surface area contributed by atoms with E-state index in [2.05, 4.69) is 10.2 Å². The van der Waals surface area contributed by atoms with Gasteiger partial charge in [-0.2, -0.15) is 0 Å². The van der Waals surface area contributed by atoms with Crippen molar-refractivity contribution in [1.29, 1.82) is 0 Å². The third kappa shape index (κ3) is 3.69. The van der Waals surface area contributed by atoms with E-state index in [1.807, 2.05) is 13.1 Å². The number of ether oxygens (including phenoxy) is 1. The van der Waals surface area contributed by atoms with Gasteiger partial charge in [0.05, 0.1) is 25.0 Å². The minimum absolute atomic E-state index is 0.0554. The summed E-state index contributed by atoms with van der Waals surface area (Å²) in [6.45, 7) is 2.67. The molecule has 1 aliphatic rings. The number of aliphatic hydroxyl groups is 1. The van der Waals surface area contributed by atoms with Crippen LogP contribution in [0.15, 0.2) is 18.2 Å². The quantitative estimate of drug-likeness (QED) is 0.830. The number of anilines is 1. The zero-order chi connectivity index (χ0) is 14.4. The van der Waals surface area contributed by atoms with Gasteiger partial charge in [0, 0.05) is 19.6 Å². The summed E-state index contributed by atoms with van der Waals surface area (Å²) in [4.78, 5) is 2.10. The van der Waals surface area contributed by atoms with E-state index in [0.717, 1.165) is 31.5 Å². The average molecular weight is 282 g/mol. The summed E-state index contributed by atoms with van der Waals surface area (Å²) in [5.74, 6) is -0.160. The molecule has 0 aromatic heterocycles. The van der Waals surface area contributed by atoms with Crippen molar-refractivity contribution < 1.29 is 14.2 Å². The van der Waals surface area contributed by atoms with Crippen LogP contribution in [0.1, 0.15) is 18.4 Å². The summed E-state index contributed by atoms with van der Waals surface area (Å²) in [5.41, 5.74) is 1.70. The molecule has 0 amide bonds. The van der Waals surface area contributed by atoms with Gasteiger partial charge in [-0.15, -0.1) is 0 Å². The molecule has 1 fully saturated rings. The lowest BCUT2D eigenvalue weighted by Crippen LogP contribution is -2.38. The topological polar surface area (TPSA) is 44.7 Å². The highest BCUT2D eigenvalue weighted by molar-refractivity contribution is 5.55. The Bertz CT molecular complexity index is 420. The van der Waals surface area contributed by atoms with Gasteiger partial charge in [0.2, 0.25) is 0 Å². The largest absolute Gasteiger partial charge is 0.394 e. The predicted octanol–water partition coefficient (Wildman–Crippen LogP) is 1.52. The molecule has 1 heterocycles. The first-order chi connectivity index (χ1) is 9.76. The minimum Gasteiger partial charge on any atom is -0.394 e. The Hall–Kier alpha value is -1.17. The lowest BCUT2D eigenvalue weighted by Gasteiger charge is -2.34. The lowest BCUT2D eigenvalue weighted by atomic mass is 10.0. The number of benzene rings is 1. The third-order valence-corrected chi connectivity index (χ3v) is 3.64. The van der Waals surface area contributed by atoms with Gasteiger partial charge in [-0.1, -0.05) is 12.1 Å². The Balaban J connectivity index is 2.03. The Kier molecular flexibility index (Phi) is 5.76. The van der Waals surface area contributed by atoms with Crippen LogP contribution < -0.4 is 10.2 Å². The first-order valence-corrected chi connectivity index (χ1v) is 7.15. The molecule has 2 N–H and O–H groups in total. The number of para-hydroxylation sites is 1. The van der Waals surface area contributed by atoms with E-state index in [9.17, 15) is 4.39 Å². The summed E-state index contributed by atoms with van der Waals surface area (Å²) >= 11 is 0. The Labute approximate surface area is 119 Å². The molecule has 112 valence electrons. The summed E-state index contributed by atoms with van der Waals surface area (Å²) < 4.78 is 19.7. The molecule has 1 saturated heterocycles. The molecular formula is C15H23FN2O2. The molecule has 0 spiro atoms. The molecule has 4 nitrogen and oxygen atoms in total. The summed E-state index contributed by atoms with van der Waals surface area (Å²) in [5, 5.41) is 11.8. The number of nitrogens with one attached hydrogen (secondary N) is 1. The molecule has 0 radical (unpaired) electrons. The number of hydrogen-bond donors (Lipinski definition) is 2. The zero-order valence-corrected chi connectivity index (χ0v) is 11.9. The van der Waals surface area contributed by atoms with Crippen LogP contribution in [-0.4, -0.2) is 44.6 Å². The van der Waals surface area contributed by atoms with Crippen LogP contribution >= 0.6 is 0 Å². The summed E-state index contributed by atoms with van der Waals surface area (Å²) in [6.07, 6.45) is 1.92. The molecule has 0 unspecified atom stereocenters. The number of piperidine rings is 1. The number of halogens is 1. The number of aliphatic hydroxyl groups excluding tert-OH is 1. The van der Waals surface area contributed by atoms with Gasteiger partial charge in [-0.05, 0) is 31.5 Å². The number of nitrogens with zero attached hydrogens (tertiary/aromatic N) is 1. The highest BCUT2D eigenvalue weighted by Crippen LogP contribution is 2.28. The zero-order valence-electron chi connectivity index (χ0n) is 11.9. The maximum absolute atomic E-state index is 14.1. The molecule has 1 aliphatic heterocycles. The number of hydrogen-bond acceptors (Lipinski definition) is 4. The fourth-order valence-electron chi connectivity index (χ4n) is 2.71. The van der Waals surface area contributed by atoms with E-state index >= 15 is 0 Å².